The second kappa shape index (κ2) is 5.52. The van der Waals surface area contributed by atoms with Gasteiger partial charge in [0.1, 0.15) is 0 Å². The molecule has 2 atom stereocenters. The van der Waals surface area contributed by atoms with Gasteiger partial charge in [-0.25, -0.2) is 0 Å². The summed E-state index contributed by atoms with van der Waals surface area (Å²) in [7, 11) is 0. The second-order valence-electron chi connectivity index (χ2n) is 7.44. The maximum atomic E-state index is 12.5. The molecule has 1 aliphatic carbocycles. The molecule has 4 rings (SSSR count). The molecule has 5 nitrogen and oxygen atoms in total. The van der Waals surface area contributed by atoms with Crippen molar-refractivity contribution in [3.8, 4) is 5.75 Å². The number of aromatic nitrogens is 1. The predicted octanol–water partition coefficient (Wildman–Crippen LogP) is 2.52. The van der Waals surface area contributed by atoms with E-state index < -0.39 is 0 Å². The molecule has 2 heterocycles. The van der Waals surface area contributed by atoms with Gasteiger partial charge in [0.2, 0.25) is 0 Å². The number of hydrogen-bond donors (Lipinski definition) is 2. The Morgan fingerprint density at radius 3 is 2.67 bits per heavy atom. The van der Waals surface area contributed by atoms with Gasteiger partial charge in [0, 0.05) is 36.2 Å². The number of aryl methyl sites for hydroxylation is 1. The van der Waals surface area contributed by atoms with E-state index >= 15 is 0 Å². The van der Waals surface area contributed by atoms with E-state index in [1.807, 2.05) is 10.6 Å². The normalized spacial score (nSPS) is 22.3. The average molecular weight is 327 g/mol. The summed E-state index contributed by atoms with van der Waals surface area (Å²) in [5, 5.41) is 10.9. The van der Waals surface area contributed by atoms with Gasteiger partial charge in [-0.2, -0.15) is 0 Å². The van der Waals surface area contributed by atoms with Crippen molar-refractivity contribution in [1.82, 2.24) is 4.57 Å². The van der Waals surface area contributed by atoms with Crippen molar-refractivity contribution in [2.75, 3.05) is 18.0 Å². The summed E-state index contributed by atoms with van der Waals surface area (Å²) in [4.78, 5) is 14.9. The van der Waals surface area contributed by atoms with Crippen LogP contribution in [0.3, 0.4) is 0 Å². The molecule has 2 fully saturated rings. The van der Waals surface area contributed by atoms with Crippen LogP contribution in [0.4, 0.5) is 5.69 Å². The minimum atomic E-state index is -0.264. The minimum Gasteiger partial charge on any atom is -0.503 e. The van der Waals surface area contributed by atoms with Gasteiger partial charge in [-0.3, -0.25) is 4.79 Å². The van der Waals surface area contributed by atoms with Gasteiger partial charge in [0.05, 0.1) is 5.52 Å². The van der Waals surface area contributed by atoms with E-state index in [0.29, 0.717) is 5.92 Å². The lowest BCUT2D eigenvalue weighted by atomic mass is 10.0. The highest BCUT2D eigenvalue weighted by Crippen LogP contribution is 2.39. The Morgan fingerprint density at radius 1 is 1.29 bits per heavy atom. The van der Waals surface area contributed by atoms with Crippen LogP contribution >= 0.6 is 0 Å². The third-order valence-electron chi connectivity index (χ3n) is 5.63. The summed E-state index contributed by atoms with van der Waals surface area (Å²) in [6.07, 6.45) is 3.14. The zero-order valence-electron chi connectivity index (χ0n) is 14.3. The molecule has 0 amide bonds. The van der Waals surface area contributed by atoms with E-state index in [1.165, 1.54) is 5.69 Å². The second-order valence-corrected chi connectivity index (χ2v) is 7.44. The van der Waals surface area contributed by atoms with Gasteiger partial charge in [0.15, 0.2) is 5.75 Å². The summed E-state index contributed by atoms with van der Waals surface area (Å²) in [6.45, 7) is 6.14. The number of aromatic hydroxyl groups is 1. The molecule has 2 aromatic rings. The van der Waals surface area contributed by atoms with Crippen molar-refractivity contribution < 1.29 is 5.11 Å². The summed E-state index contributed by atoms with van der Waals surface area (Å²) < 4.78 is 1.81. The molecule has 0 radical (unpaired) electrons. The fraction of sp³-hybridized carbons (Fsp3) is 0.526. The van der Waals surface area contributed by atoms with Crippen LogP contribution in [0, 0.1) is 12.8 Å². The number of nitrogens with zero attached hydrogens (tertiary/aromatic N) is 2. The highest BCUT2D eigenvalue weighted by Gasteiger charge is 2.30. The molecule has 2 aliphatic rings. The Hall–Kier alpha value is -2.01. The Morgan fingerprint density at radius 2 is 2.04 bits per heavy atom. The molecule has 0 bridgehead atoms. The molecular weight excluding hydrogens is 302 g/mol. The zero-order valence-corrected chi connectivity index (χ0v) is 14.3. The van der Waals surface area contributed by atoms with Crippen molar-refractivity contribution in [3.63, 3.8) is 0 Å². The van der Waals surface area contributed by atoms with Crippen molar-refractivity contribution in [1.29, 1.82) is 0 Å². The average Bonchev–Trinajstić information content (AvgIpc) is 3.25. The molecule has 128 valence electrons. The summed E-state index contributed by atoms with van der Waals surface area (Å²) in [5.41, 5.74) is 9.10. The van der Waals surface area contributed by atoms with Crippen LogP contribution in [0.15, 0.2) is 23.0 Å². The quantitative estimate of drug-likeness (QED) is 0.909. The van der Waals surface area contributed by atoms with E-state index in [2.05, 4.69) is 24.8 Å². The van der Waals surface area contributed by atoms with Crippen LogP contribution in [0.25, 0.3) is 10.9 Å². The van der Waals surface area contributed by atoms with Crippen LogP contribution in [0.5, 0.6) is 5.75 Å². The SMILES string of the molecule is Cc1c(N2CC[C@@H]([C@H](C)N)C2)ccc2cc(O)c(=O)n(C3CC3)c12. The molecule has 1 aliphatic heterocycles. The maximum absolute atomic E-state index is 12.5. The Kier molecular flexibility index (Phi) is 3.57. The number of nitrogens with two attached hydrogens (primary N) is 1. The first-order chi connectivity index (χ1) is 11.5. The van der Waals surface area contributed by atoms with Crippen molar-refractivity contribution in [3.05, 3.63) is 34.1 Å². The molecule has 24 heavy (non-hydrogen) atoms. The number of rotatable bonds is 3. The van der Waals surface area contributed by atoms with Crippen LogP contribution in [0.1, 0.15) is 37.8 Å². The lowest BCUT2D eigenvalue weighted by molar-refractivity contribution is 0.460. The largest absolute Gasteiger partial charge is 0.503 e. The first-order valence-electron chi connectivity index (χ1n) is 8.85. The molecule has 3 N–H and O–H groups in total. The summed E-state index contributed by atoms with van der Waals surface area (Å²) >= 11 is 0. The standard InChI is InChI=1S/C19H25N3O2/c1-11-16(21-8-7-14(10-21)12(2)20)6-3-13-9-17(23)19(24)22(18(11)13)15-4-5-15/h3,6,9,12,14-15,23H,4-5,7-8,10,20H2,1-2H3/t12-,14+/m0/s1. The van der Waals surface area contributed by atoms with Crippen LogP contribution in [-0.4, -0.2) is 28.8 Å². The number of pyridine rings is 1. The topological polar surface area (TPSA) is 71.5 Å². The van der Waals surface area contributed by atoms with E-state index in [0.717, 1.165) is 48.8 Å². The van der Waals surface area contributed by atoms with Gasteiger partial charge in [0.25, 0.3) is 5.56 Å². The van der Waals surface area contributed by atoms with Crippen molar-refractivity contribution in [2.45, 2.75) is 45.2 Å². The monoisotopic (exact) mass is 327 g/mol. The lowest BCUT2D eigenvalue weighted by Gasteiger charge is -2.24. The van der Waals surface area contributed by atoms with Gasteiger partial charge in [-0.1, -0.05) is 6.07 Å². The maximum Gasteiger partial charge on any atom is 0.293 e. The van der Waals surface area contributed by atoms with Crippen LogP contribution < -0.4 is 16.2 Å². The third kappa shape index (κ3) is 2.38. The van der Waals surface area contributed by atoms with E-state index in [-0.39, 0.29) is 23.4 Å². The number of benzene rings is 1. The zero-order chi connectivity index (χ0) is 17.0. The first-order valence-corrected chi connectivity index (χ1v) is 8.85. The van der Waals surface area contributed by atoms with Gasteiger partial charge >= 0.3 is 0 Å². The Labute approximate surface area is 141 Å². The van der Waals surface area contributed by atoms with Crippen molar-refractivity contribution >= 4 is 16.6 Å². The third-order valence-corrected chi connectivity index (χ3v) is 5.63. The highest BCUT2D eigenvalue weighted by molar-refractivity contribution is 5.88. The van der Waals surface area contributed by atoms with Crippen molar-refractivity contribution in [2.24, 2.45) is 11.7 Å². The molecule has 0 unspecified atom stereocenters. The summed E-state index contributed by atoms with van der Waals surface area (Å²) in [6, 6.07) is 6.17. The highest BCUT2D eigenvalue weighted by atomic mass is 16.3. The molecule has 1 aromatic carbocycles. The van der Waals surface area contributed by atoms with E-state index in [9.17, 15) is 9.90 Å². The number of hydrogen-bond acceptors (Lipinski definition) is 4. The first kappa shape index (κ1) is 15.5. The molecule has 5 heteroatoms. The Balaban J connectivity index is 1.85. The van der Waals surface area contributed by atoms with Gasteiger partial charge in [-0.15, -0.1) is 0 Å². The van der Waals surface area contributed by atoms with Crippen LogP contribution in [-0.2, 0) is 0 Å². The van der Waals surface area contributed by atoms with Gasteiger partial charge < -0.3 is 20.3 Å². The predicted molar refractivity (Wildman–Crippen MR) is 96.9 cm³/mol. The van der Waals surface area contributed by atoms with E-state index in [4.69, 9.17) is 5.73 Å². The molecule has 1 aromatic heterocycles. The van der Waals surface area contributed by atoms with Crippen LogP contribution in [0.2, 0.25) is 0 Å². The van der Waals surface area contributed by atoms with E-state index in [1.54, 1.807) is 6.07 Å². The number of anilines is 1. The molecule has 1 saturated heterocycles. The lowest BCUT2D eigenvalue weighted by Crippen LogP contribution is -2.30. The fourth-order valence-electron chi connectivity index (χ4n) is 4.04. The Bertz CT molecular complexity index is 852. The number of fused-ring (bicyclic) bond motifs is 1. The molecular formula is C19H25N3O2. The molecule has 1 saturated carbocycles. The smallest absolute Gasteiger partial charge is 0.293 e. The molecule has 0 spiro atoms. The fourth-order valence-corrected chi connectivity index (χ4v) is 4.04. The summed E-state index contributed by atoms with van der Waals surface area (Å²) in [5.74, 6) is 0.366. The minimum absolute atomic E-state index is 0.153. The van der Waals surface area contributed by atoms with Gasteiger partial charge in [-0.05, 0) is 56.7 Å².